The van der Waals surface area contributed by atoms with E-state index >= 15 is 0 Å². The number of amides is 2. The van der Waals surface area contributed by atoms with E-state index in [9.17, 15) is 9.59 Å². The summed E-state index contributed by atoms with van der Waals surface area (Å²) in [6, 6.07) is 6.71. The minimum Gasteiger partial charge on any atom is -0.497 e. The van der Waals surface area contributed by atoms with Crippen LogP contribution in [0.15, 0.2) is 24.3 Å². The van der Waals surface area contributed by atoms with Crippen LogP contribution in [0.25, 0.3) is 0 Å². The minimum atomic E-state index is -0.330. The van der Waals surface area contributed by atoms with Crippen LogP contribution in [0.3, 0.4) is 0 Å². The largest absolute Gasteiger partial charge is 0.497 e. The second-order valence-corrected chi connectivity index (χ2v) is 5.16. The van der Waals surface area contributed by atoms with Crippen LogP contribution in [-0.4, -0.2) is 37.6 Å². The maximum absolute atomic E-state index is 12.0. The zero-order chi connectivity index (χ0) is 16.5. The van der Waals surface area contributed by atoms with E-state index in [1.165, 1.54) is 0 Å². The number of carbonyl (C=O) groups excluding carboxylic acids is 2. The number of anilines is 1. The molecule has 0 fully saturated rings. The standard InChI is InChI=1S/C16H25N3O3/c1-5-17-16(21)12(3)18-11(2)10-15(20)19-13-6-8-14(22-4)9-7-13/h6-9,11-12,18H,5,10H2,1-4H3,(H,17,21)(H,19,20)/t11-,12+/m1/s1. The Morgan fingerprint density at radius 3 is 2.36 bits per heavy atom. The van der Waals surface area contributed by atoms with Gasteiger partial charge in [0.2, 0.25) is 11.8 Å². The number of methoxy groups -OCH3 is 1. The summed E-state index contributed by atoms with van der Waals surface area (Å²) >= 11 is 0. The van der Waals surface area contributed by atoms with Crippen LogP contribution in [0, 0.1) is 0 Å². The van der Waals surface area contributed by atoms with E-state index in [4.69, 9.17) is 4.74 Å². The predicted molar refractivity (Wildman–Crippen MR) is 87.0 cm³/mol. The van der Waals surface area contributed by atoms with Gasteiger partial charge in [-0.3, -0.25) is 9.59 Å². The minimum absolute atomic E-state index is 0.0649. The Kier molecular flexibility index (Phi) is 7.39. The maximum Gasteiger partial charge on any atom is 0.236 e. The van der Waals surface area contributed by atoms with E-state index in [2.05, 4.69) is 16.0 Å². The van der Waals surface area contributed by atoms with Crippen molar-refractivity contribution in [2.75, 3.05) is 19.0 Å². The van der Waals surface area contributed by atoms with Crippen LogP contribution in [0.2, 0.25) is 0 Å². The van der Waals surface area contributed by atoms with Crippen LogP contribution in [0.1, 0.15) is 27.2 Å². The zero-order valence-corrected chi connectivity index (χ0v) is 13.6. The molecule has 0 radical (unpaired) electrons. The molecule has 0 heterocycles. The van der Waals surface area contributed by atoms with Gasteiger partial charge in [-0.15, -0.1) is 0 Å². The normalized spacial score (nSPS) is 13.1. The van der Waals surface area contributed by atoms with Gasteiger partial charge in [0, 0.05) is 24.7 Å². The van der Waals surface area contributed by atoms with Crippen molar-refractivity contribution in [2.45, 2.75) is 39.3 Å². The van der Waals surface area contributed by atoms with Crippen LogP contribution in [0.5, 0.6) is 5.75 Å². The monoisotopic (exact) mass is 307 g/mol. The number of nitrogens with one attached hydrogen (secondary N) is 3. The maximum atomic E-state index is 12.0. The van der Waals surface area contributed by atoms with Gasteiger partial charge >= 0.3 is 0 Å². The molecule has 0 bridgehead atoms. The molecule has 1 rings (SSSR count). The molecule has 122 valence electrons. The van der Waals surface area contributed by atoms with Gasteiger partial charge in [-0.25, -0.2) is 0 Å². The number of carbonyl (C=O) groups is 2. The molecule has 22 heavy (non-hydrogen) atoms. The Bertz CT molecular complexity index is 488. The summed E-state index contributed by atoms with van der Waals surface area (Å²) in [5.41, 5.74) is 0.717. The second-order valence-electron chi connectivity index (χ2n) is 5.16. The van der Waals surface area contributed by atoms with E-state index in [1.54, 1.807) is 38.3 Å². The highest BCUT2D eigenvalue weighted by molar-refractivity contribution is 5.91. The van der Waals surface area contributed by atoms with Gasteiger partial charge in [-0.05, 0) is 45.0 Å². The molecule has 0 spiro atoms. The van der Waals surface area contributed by atoms with Gasteiger partial charge in [0.05, 0.1) is 13.2 Å². The van der Waals surface area contributed by atoms with Crippen molar-refractivity contribution >= 4 is 17.5 Å². The lowest BCUT2D eigenvalue weighted by atomic mass is 10.2. The summed E-state index contributed by atoms with van der Waals surface area (Å²) in [5, 5.41) is 8.66. The molecule has 6 heteroatoms. The first-order valence-electron chi connectivity index (χ1n) is 7.44. The first-order valence-corrected chi connectivity index (χ1v) is 7.44. The van der Waals surface area contributed by atoms with E-state index < -0.39 is 0 Å². The molecular weight excluding hydrogens is 282 g/mol. The third-order valence-electron chi connectivity index (χ3n) is 3.14. The SMILES string of the molecule is CCNC(=O)[C@H](C)N[C@H](C)CC(=O)Nc1ccc(OC)cc1. The highest BCUT2D eigenvalue weighted by atomic mass is 16.5. The fourth-order valence-corrected chi connectivity index (χ4v) is 2.05. The molecule has 0 unspecified atom stereocenters. The second kappa shape index (κ2) is 9.04. The van der Waals surface area contributed by atoms with Gasteiger partial charge in [0.1, 0.15) is 5.75 Å². The smallest absolute Gasteiger partial charge is 0.236 e. The summed E-state index contributed by atoms with van der Waals surface area (Å²) in [5.74, 6) is 0.571. The van der Waals surface area contributed by atoms with Gasteiger partial charge in [0.25, 0.3) is 0 Å². The average molecular weight is 307 g/mol. The molecule has 0 aliphatic rings. The topological polar surface area (TPSA) is 79.5 Å². The van der Waals surface area contributed by atoms with Crippen LogP contribution < -0.4 is 20.7 Å². The van der Waals surface area contributed by atoms with Crippen molar-refractivity contribution < 1.29 is 14.3 Å². The van der Waals surface area contributed by atoms with Crippen molar-refractivity contribution in [1.82, 2.24) is 10.6 Å². The number of hydrogen-bond acceptors (Lipinski definition) is 4. The number of rotatable bonds is 8. The van der Waals surface area contributed by atoms with E-state index in [-0.39, 0.29) is 30.3 Å². The quantitative estimate of drug-likeness (QED) is 0.680. The molecular formula is C16H25N3O3. The molecule has 2 atom stereocenters. The van der Waals surface area contributed by atoms with Crippen LogP contribution >= 0.6 is 0 Å². The first-order chi connectivity index (χ1) is 10.5. The van der Waals surface area contributed by atoms with Crippen LogP contribution in [-0.2, 0) is 9.59 Å². The molecule has 0 saturated heterocycles. The summed E-state index contributed by atoms with van der Waals surface area (Å²) < 4.78 is 5.06. The molecule has 1 aromatic carbocycles. The van der Waals surface area contributed by atoms with Crippen molar-refractivity contribution in [3.8, 4) is 5.75 Å². The summed E-state index contributed by atoms with van der Waals surface area (Å²) in [4.78, 5) is 23.6. The molecule has 3 N–H and O–H groups in total. The van der Waals surface area contributed by atoms with Gasteiger partial charge in [0.15, 0.2) is 0 Å². The summed E-state index contributed by atoms with van der Waals surface area (Å²) in [6.45, 7) is 6.12. The lowest BCUT2D eigenvalue weighted by molar-refractivity contribution is -0.123. The van der Waals surface area contributed by atoms with Crippen molar-refractivity contribution in [3.63, 3.8) is 0 Å². The predicted octanol–water partition coefficient (Wildman–Crippen LogP) is 1.53. The Morgan fingerprint density at radius 2 is 1.82 bits per heavy atom. The van der Waals surface area contributed by atoms with Crippen molar-refractivity contribution in [2.24, 2.45) is 0 Å². The van der Waals surface area contributed by atoms with Crippen LogP contribution in [0.4, 0.5) is 5.69 Å². The Morgan fingerprint density at radius 1 is 1.18 bits per heavy atom. The molecule has 0 aliphatic carbocycles. The zero-order valence-electron chi connectivity index (χ0n) is 13.6. The lowest BCUT2D eigenvalue weighted by Gasteiger charge is -2.19. The fraction of sp³-hybridized carbons (Fsp3) is 0.500. The van der Waals surface area contributed by atoms with E-state index in [0.717, 1.165) is 11.4 Å². The number of benzene rings is 1. The highest BCUT2D eigenvalue weighted by Crippen LogP contribution is 2.15. The number of hydrogen-bond donors (Lipinski definition) is 3. The van der Waals surface area contributed by atoms with Gasteiger partial charge in [-0.2, -0.15) is 0 Å². The Balaban J connectivity index is 2.41. The molecule has 0 aliphatic heterocycles. The molecule has 0 aromatic heterocycles. The third kappa shape index (κ3) is 6.13. The van der Waals surface area contributed by atoms with Crippen molar-refractivity contribution in [3.05, 3.63) is 24.3 Å². The van der Waals surface area contributed by atoms with Gasteiger partial charge in [-0.1, -0.05) is 0 Å². The average Bonchev–Trinajstić information content (AvgIpc) is 2.47. The molecule has 2 amide bonds. The van der Waals surface area contributed by atoms with Crippen molar-refractivity contribution in [1.29, 1.82) is 0 Å². The highest BCUT2D eigenvalue weighted by Gasteiger charge is 2.16. The fourth-order valence-electron chi connectivity index (χ4n) is 2.05. The molecule has 6 nitrogen and oxygen atoms in total. The Labute approximate surface area is 131 Å². The van der Waals surface area contributed by atoms with Gasteiger partial charge < -0.3 is 20.7 Å². The van der Waals surface area contributed by atoms with E-state index in [1.807, 2.05) is 13.8 Å². The summed E-state index contributed by atoms with van der Waals surface area (Å²) in [6.07, 6.45) is 0.287. The summed E-state index contributed by atoms with van der Waals surface area (Å²) in [7, 11) is 1.59. The molecule has 1 aromatic rings. The third-order valence-corrected chi connectivity index (χ3v) is 3.14. The number of ether oxygens (including phenoxy) is 1. The molecule has 0 saturated carbocycles. The van der Waals surface area contributed by atoms with E-state index in [0.29, 0.717) is 6.54 Å². The number of likely N-dealkylation sites (N-methyl/N-ethyl adjacent to an activating group) is 1. The lowest BCUT2D eigenvalue weighted by Crippen LogP contribution is -2.46. The first kappa shape index (κ1) is 18.0. The Hall–Kier alpha value is -2.08.